The third-order valence-electron chi connectivity index (χ3n) is 5.79. The van der Waals surface area contributed by atoms with E-state index in [0.29, 0.717) is 31.0 Å². The van der Waals surface area contributed by atoms with E-state index in [0.717, 1.165) is 24.8 Å². The van der Waals surface area contributed by atoms with Crippen molar-refractivity contribution in [3.63, 3.8) is 0 Å². The Morgan fingerprint density at radius 1 is 1.00 bits per heavy atom. The number of anilines is 1. The number of nitrogens with zero attached hydrogens (tertiary/aromatic N) is 2. The quantitative estimate of drug-likeness (QED) is 0.533. The highest BCUT2D eigenvalue weighted by molar-refractivity contribution is 7.90. The van der Waals surface area contributed by atoms with Crippen molar-refractivity contribution in [2.75, 3.05) is 25.5 Å². The van der Waals surface area contributed by atoms with E-state index < -0.39 is 10.0 Å². The van der Waals surface area contributed by atoms with Crippen molar-refractivity contribution in [1.29, 1.82) is 0 Å². The van der Waals surface area contributed by atoms with E-state index in [1.165, 1.54) is 22.9 Å². The van der Waals surface area contributed by atoms with E-state index in [-0.39, 0.29) is 17.3 Å². The number of fused-ring (bicyclic) bond motifs is 1. The number of aliphatic imine (C=N–C) groups is 1. The van der Waals surface area contributed by atoms with Gasteiger partial charge in [0.2, 0.25) is 5.91 Å². The average Bonchev–Trinajstić information content (AvgIpc) is 3.07. The minimum absolute atomic E-state index is 0.0985. The van der Waals surface area contributed by atoms with E-state index >= 15 is 0 Å². The van der Waals surface area contributed by atoms with E-state index in [4.69, 9.17) is 0 Å². The summed E-state index contributed by atoms with van der Waals surface area (Å²) in [5.74, 6) is 0.292. The van der Waals surface area contributed by atoms with Crippen molar-refractivity contribution in [3.05, 3.63) is 72.3 Å². The van der Waals surface area contributed by atoms with Gasteiger partial charge in [-0.1, -0.05) is 55.0 Å². The lowest BCUT2D eigenvalue weighted by molar-refractivity contribution is -0.117. The molecule has 1 amide bonds. The summed E-state index contributed by atoms with van der Waals surface area (Å²) >= 11 is 0. The zero-order valence-corrected chi connectivity index (χ0v) is 20.1. The summed E-state index contributed by atoms with van der Waals surface area (Å²) < 4.78 is 28.3. The van der Waals surface area contributed by atoms with Crippen LogP contribution in [0.2, 0.25) is 0 Å². The number of amides is 1. The minimum Gasteiger partial charge on any atom is -0.325 e. The maximum atomic E-state index is 12.8. The van der Waals surface area contributed by atoms with E-state index in [1.807, 2.05) is 30.1 Å². The van der Waals surface area contributed by atoms with Crippen LogP contribution in [0, 0.1) is 0 Å². The van der Waals surface area contributed by atoms with Gasteiger partial charge in [-0.15, -0.1) is 0 Å². The number of carbonyl (C=O) groups excluding carboxylic acids is 1. The Labute approximate surface area is 200 Å². The van der Waals surface area contributed by atoms with E-state index in [1.54, 1.807) is 12.1 Å². The fourth-order valence-corrected chi connectivity index (χ4v) is 5.27. The Balaban J connectivity index is 1.38. The molecule has 0 aromatic heterocycles. The summed E-state index contributed by atoms with van der Waals surface area (Å²) in [5.41, 5.74) is 1.59. The molecular formula is C26H30N4O3S. The predicted octanol–water partition coefficient (Wildman–Crippen LogP) is 4.16. The fraction of sp³-hybridized carbons (Fsp3) is 0.308. The summed E-state index contributed by atoms with van der Waals surface area (Å²) in [4.78, 5) is 19.0. The molecule has 0 unspecified atom stereocenters. The Kier molecular flexibility index (Phi) is 7.59. The first-order valence-corrected chi connectivity index (χ1v) is 13.0. The first-order chi connectivity index (χ1) is 16.4. The van der Waals surface area contributed by atoms with Crippen molar-refractivity contribution < 1.29 is 13.2 Å². The van der Waals surface area contributed by atoms with Crippen LogP contribution in [-0.2, 0) is 21.4 Å². The SMILES string of the molecule is CN(CC(=O)Nc1cccc(S(=O)(=O)NC2=NCCCCC2)c1)Cc1cccc2ccccc12. The maximum Gasteiger partial charge on any atom is 0.262 e. The molecule has 0 saturated carbocycles. The van der Waals surface area contributed by atoms with Gasteiger partial charge in [0.15, 0.2) is 0 Å². The van der Waals surface area contributed by atoms with Crippen molar-refractivity contribution in [2.45, 2.75) is 37.1 Å². The molecule has 0 bridgehead atoms. The maximum absolute atomic E-state index is 12.8. The first kappa shape index (κ1) is 23.9. The number of likely N-dealkylation sites (N-methyl/N-ethyl adjacent to an activating group) is 1. The minimum atomic E-state index is -3.76. The molecule has 178 valence electrons. The molecule has 1 aliphatic heterocycles. The molecule has 0 aliphatic carbocycles. The summed E-state index contributed by atoms with van der Waals surface area (Å²) in [7, 11) is -1.87. The molecule has 0 atom stereocenters. The number of nitrogens with one attached hydrogen (secondary N) is 2. The second kappa shape index (κ2) is 10.8. The second-order valence-corrected chi connectivity index (χ2v) is 10.3. The van der Waals surface area contributed by atoms with Crippen LogP contribution < -0.4 is 10.0 Å². The lowest BCUT2D eigenvalue weighted by Crippen LogP contribution is -2.31. The van der Waals surface area contributed by atoms with Crippen molar-refractivity contribution in [3.8, 4) is 0 Å². The number of amidine groups is 1. The van der Waals surface area contributed by atoms with Gasteiger partial charge in [-0.05, 0) is 54.4 Å². The molecule has 4 rings (SSSR count). The van der Waals surface area contributed by atoms with Crippen LogP contribution in [0.5, 0.6) is 0 Å². The van der Waals surface area contributed by atoms with Gasteiger partial charge in [-0.25, -0.2) is 8.42 Å². The van der Waals surface area contributed by atoms with Crippen molar-refractivity contribution in [1.82, 2.24) is 9.62 Å². The third kappa shape index (κ3) is 6.21. The number of benzene rings is 3. The molecule has 3 aromatic rings. The van der Waals surface area contributed by atoms with Crippen LogP contribution in [-0.4, -0.2) is 45.2 Å². The van der Waals surface area contributed by atoms with Crippen molar-refractivity contribution >= 4 is 38.2 Å². The monoisotopic (exact) mass is 478 g/mol. The van der Waals surface area contributed by atoms with Crippen LogP contribution in [0.25, 0.3) is 10.8 Å². The molecule has 7 nitrogen and oxygen atoms in total. The van der Waals surface area contributed by atoms with E-state index in [2.05, 4.69) is 39.3 Å². The predicted molar refractivity (Wildman–Crippen MR) is 136 cm³/mol. The Morgan fingerprint density at radius 2 is 1.79 bits per heavy atom. The molecule has 8 heteroatoms. The molecule has 3 aromatic carbocycles. The molecule has 1 heterocycles. The van der Waals surface area contributed by atoms with Gasteiger partial charge >= 0.3 is 0 Å². The smallest absolute Gasteiger partial charge is 0.262 e. The number of sulfonamides is 1. The van der Waals surface area contributed by atoms with Crippen LogP contribution in [0.3, 0.4) is 0 Å². The third-order valence-corrected chi connectivity index (χ3v) is 7.17. The van der Waals surface area contributed by atoms with E-state index in [9.17, 15) is 13.2 Å². The second-order valence-electron chi connectivity index (χ2n) is 8.63. The molecule has 0 saturated heterocycles. The summed E-state index contributed by atoms with van der Waals surface area (Å²) in [6.45, 7) is 1.44. The van der Waals surface area contributed by atoms with Crippen LogP contribution >= 0.6 is 0 Å². The summed E-state index contributed by atoms with van der Waals surface area (Å²) in [5, 5.41) is 5.15. The van der Waals surface area contributed by atoms with Gasteiger partial charge in [0.05, 0.1) is 11.4 Å². The van der Waals surface area contributed by atoms with Gasteiger partial charge in [-0.2, -0.15) is 0 Å². The molecular weight excluding hydrogens is 448 g/mol. The zero-order valence-electron chi connectivity index (χ0n) is 19.3. The van der Waals surface area contributed by atoms with Gasteiger partial charge in [0.25, 0.3) is 10.0 Å². The topological polar surface area (TPSA) is 90.9 Å². The molecule has 0 radical (unpaired) electrons. The lowest BCUT2D eigenvalue weighted by Gasteiger charge is -2.18. The normalized spacial score (nSPS) is 14.5. The first-order valence-electron chi connectivity index (χ1n) is 11.5. The Bertz CT molecular complexity index is 1300. The molecule has 0 fully saturated rings. The molecule has 2 N–H and O–H groups in total. The summed E-state index contributed by atoms with van der Waals surface area (Å²) in [6, 6.07) is 20.6. The van der Waals surface area contributed by atoms with Gasteiger partial charge < -0.3 is 5.32 Å². The fourth-order valence-electron chi connectivity index (χ4n) is 4.14. The van der Waals surface area contributed by atoms with Crippen LogP contribution in [0.1, 0.15) is 31.2 Å². The highest BCUT2D eigenvalue weighted by Crippen LogP contribution is 2.20. The number of hydrogen-bond acceptors (Lipinski definition) is 5. The van der Waals surface area contributed by atoms with Crippen molar-refractivity contribution in [2.24, 2.45) is 4.99 Å². The van der Waals surface area contributed by atoms with Gasteiger partial charge in [0, 0.05) is 25.2 Å². The Hall–Kier alpha value is -3.23. The number of carbonyl (C=O) groups is 1. The van der Waals surface area contributed by atoms with Crippen LogP contribution in [0.15, 0.2) is 76.6 Å². The molecule has 1 aliphatic rings. The molecule has 0 spiro atoms. The average molecular weight is 479 g/mol. The lowest BCUT2D eigenvalue weighted by atomic mass is 10.0. The Morgan fingerprint density at radius 3 is 2.68 bits per heavy atom. The molecule has 34 heavy (non-hydrogen) atoms. The number of rotatable bonds is 7. The standard InChI is InChI=1S/C26H30N4O3S/c1-30(18-21-11-7-10-20-9-4-5-14-24(20)21)19-26(31)28-22-12-8-13-23(17-22)34(32,33)29-25-15-3-2-6-16-27-25/h4-5,7-14,17H,2-3,6,15-16,18-19H2,1H3,(H,27,29)(H,28,31). The van der Waals surface area contributed by atoms with Gasteiger partial charge in [0.1, 0.15) is 5.84 Å². The summed E-state index contributed by atoms with van der Waals surface area (Å²) in [6.07, 6.45) is 3.56. The largest absolute Gasteiger partial charge is 0.325 e. The number of hydrogen-bond donors (Lipinski definition) is 2. The highest BCUT2D eigenvalue weighted by atomic mass is 32.2. The van der Waals surface area contributed by atoms with Gasteiger partial charge in [-0.3, -0.25) is 19.4 Å². The zero-order chi connectivity index (χ0) is 24.0. The van der Waals surface area contributed by atoms with Crippen LogP contribution in [0.4, 0.5) is 5.69 Å². The highest BCUT2D eigenvalue weighted by Gasteiger charge is 2.18.